The molecule has 0 bridgehead atoms. The van der Waals surface area contributed by atoms with Crippen LogP contribution in [-0.2, 0) is 6.54 Å². The van der Waals surface area contributed by atoms with Crippen molar-refractivity contribution in [1.82, 2.24) is 30.2 Å². The van der Waals surface area contributed by atoms with Crippen LogP contribution in [0.2, 0.25) is 0 Å². The van der Waals surface area contributed by atoms with Crippen LogP contribution in [-0.4, -0.2) is 35.3 Å². The second-order valence-corrected chi connectivity index (χ2v) is 5.73. The molecular weight excluding hydrogens is 316 g/mol. The second kappa shape index (κ2) is 6.20. The van der Waals surface area contributed by atoms with Gasteiger partial charge in [0.15, 0.2) is 0 Å². The third-order valence-electron chi connectivity index (χ3n) is 4.15. The molecule has 0 saturated carbocycles. The first-order valence-corrected chi connectivity index (χ1v) is 7.85. The number of tetrazole rings is 1. The first-order valence-electron chi connectivity index (χ1n) is 7.85. The van der Waals surface area contributed by atoms with Crippen molar-refractivity contribution < 1.29 is 5.11 Å². The third kappa shape index (κ3) is 2.87. The lowest BCUT2D eigenvalue weighted by Gasteiger charge is -2.10. The van der Waals surface area contributed by atoms with Crippen molar-refractivity contribution in [2.24, 2.45) is 0 Å². The van der Waals surface area contributed by atoms with E-state index in [1.165, 1.54) is 6.20 Å². The third-order valence-corrected chi connectivity index (χ3v) is 4.15. The van der Waals surface area contributed by atoms with Gasteiger partial charge >= 0.3 is 0 Å². The smallest absolute Gasteiger partial charge is 0.211 e. The number of H-pyrrole nitrogens is 1. The van der Waals surface area contributed by atoms with E-state index in [1.807, 2.05) is 43.3 Å². The molecule has 0 aliphatic rings. The van der Waals surface area contributed by atoms with Crippen molar-refractivity contribution in [3.05, 3.63) is 66.1 Å². The van der Waals surface area contributed by atoms with Gasteiger partial charge in [-0.05, 0) is 28.8 Å². The molecule has 0 fully saturated rings. The Balaban J connectivity index is 1.66. The summed E-state index contributed by atoms with van der Waals surface area (Å²) >= 11 is 0. The quantitative estimate of drug-likeness (QED) is 0.599. The van der Waals surface area contributed by atoms with Crippen molar-refractivity contribution in [1.29, 1.82) is 0 Å². The van der Waals surface area contributed by atoms with Gasteiger partial charge in [-0.3, -0.25) is 4.57 Å². The number of hydrogen-bond acceptors (Lipinski definition) is 5. The van der Waals surface area contributed by atoms with Gasteiger partial charge in [0.1, 0.15) is 5.82 Å². The summed E-state index contributed by atoms with van der Waals surface area (Å²) in [6.45, 7) is 2.44. The van der Waals surface area contributed by atoms with E-state index in [-0.39, 0.29) is 5.88 Å². The zero-order chi connectivity index (χ0) is 17.2. The Morgan fingerprint density at radius 1 is 1.04 bits per heavy atom. The minimum Gasteiger partial charge on any atom is -0.493 e. The summed E-state index contributed by atoms with van der Waals surface area (Å²) in [7, 11) is 0. The SMILES string of the molecule is Cc1ncc(O)n1Cc1ccc(-c2ccccc2-c2nn[nH]n2)cc1. The van der Waals surface area contributed by atoms with E-state index in [0.29, 0.717) is 12.4 Å². The Morgan fingerprint density at radius 2 is 1.80 bits per heavy atom. The molecule has 4 rings (SSSR count). The highest BCUT2D eigenvalue weighted by Crippen LogP contribution is 2.30. The van der Waals surface area contributed by atoms with Crippen LogP contribution in [0.1, 0.15) is 11.4 Å². The van der Waals surface area contributed by atoms with E-state index in [0.717, 1.165) is 28.1 Å². The summed E-state index contributed by atoms with van der Waals surface area (Å²) < 4.78 is 1.77. The number of rotatable bonds is 4. The lowest BCUT2D eigenvalue weighted by molar-refractivity contribution is 0.422. The van der Waals surface area contributed by atoms with Gasteiger partial charge in [0, 0.05) is 5.56 Å². The molecule has 25 heavy (non-hydrogen) atoms. The van der Waals surface area contributed by atoms with E-state index >= 15 is 0 Å². The van der Waals surface area contributed by atoms with Crippen LogP contribution in [0.15, 0.2) is 54.7 Å². The molecule has 4 aromatic rings. The molecule has 2 heterocycles. The number of imidazole rings is 1. The average Bonchev–Trinajstić information content (AvgIpc) is 3.28. The molecule has 0 radical (unpaired) electrons. The summed E-state index contributed by atoms with van der Waals surface area (Å²) in [4.78, 5) is 4.11. The maximum atomic E-state index is 9.85. The molecule has 0 aliphatic heterocycles. The topological polar surface area (TPSA) is 92.5 Å². The lowest BCUT2D eigenvalue weighted by Crippen LogP contribution is -2.01. The summed E-state index contributed by atoms with van der Waals surface area (Å²) in [5.41, 5.74) is 4.11. The van der Waals surface area contributed by atoms with Crippen LogP contribution in [0.5, 0.6) is 5.88 Å². The van der Waals surface area contributed by atoms with Gasteiger partial charge in [0.05, 0.1) is 12.7 Å². The number of aromatic amines is 1. The van der Waals surface area contributed by atoms with Gasteiger partial charge in [0.2, 0.25) is 11.7 Å². The molecule has 7 nitrogen and oxygen atoms in total. The maximum absolute atomic E-state index is 9.85. The highest BCUT2D eigenvalue weighted by Gasteiger charge is 2.11. The Morgan fingerprint density at radius 3 is 2.44 bits per heavy atom. The number of nitrogens with one attached hydrogen (secondary N) is 1. The van der Waals surface area contributed by atoms with Gasteiger partial charge in [-0.2, -0.15) is 5.21 Å². The van der Waals surface area contributed by atoms with Crippen molar-refractivity contribution in [3.63, 3.8) is 0 Å². The minimum absolute atomic E-state index is 0.170. The Kier molecular flexibility index (Phi) is 3.74. The van der Waals surface area contributed by atoms with Crippen molar-refractivity contribution >= 4 is 0 Å². The fraction of sp³-hybridized carbons (Fsp3) is 0.111. The van der Waals surface area contributed by atoms with E-state index in [2.05, 4.69) is 37.7 Å². The molecule has 124 valence electrons. The normalized spacial score (nSPS) is 10.9. The van der Waals surface area contributed by atoms with Crippen LogP contribution in [0.3, 0.4) is 0 Å². The number of aromatic hydroxyl groups is 1. The summed E-state index contributed by atoms with van der Waals surface area (Å²) in [6.07, 6.45) is 1.46. The number of benzene rings is 2. The summed E-state index contributed by atoms with van der Waals surface area (Å²) in [6, 6.07) is 16.1. The van der Waals surface area contributed by atoms with Crippen LogP contribution in [0, 0.1) is 6.92 Å². The molecule has 7 heteroatoms. The van der Waals surface area contributed by atoms with Crippen LogP contribution in [0.4, 0.5) is 0 Å². The van der Waals surface area contributed by atoms with Gasteiger partial charge < -0.3 is 5.11 Å². The first kappa shape index (κ1) is 15.1. The molecule has 0 saturated heterocycles. The molecule has 2 N–H and O–H groups in total. The number of nitrogens with zero attached hydrogens (tertiary/aromatic N) is 5. The van der Waals surface area contributed by atoms with Crippen LogP contribution >= 0.6 is 0 Å². The molecular formula is C18H16N6O. The van der Waals surface area contributed by atoms with Gasteiger partial charge in [-0.1, -0.05) is 48.5 Å². The predicted molar refractivity (Wildman–Crippen MR) is 92.8 cm³/mol. The van der Waals surface area contributed by atoms with E-state index in [4.69, 9.17) is 0 Å². The molecule has 0 unspecified atom stereocenters. The molecule has 0 aliphatic carbocycles. The highest BCUT2D eigenvalue weighted by molar-refractivity contribution is 5.80. The zero-order valence-electron chi connectivity index (χ0n) is 13.6. The Labute approximate surface area is 144 Å². The van der Waals surface area contributed by atoms with Crippen LogP contribution < -0.4 is 0 Å². The van der Waals surface area contributed by atoms with E-state index < -0.39 is 0 Å². The average molecular weight is 332 g/mol. The van der Waals surface area contributed by atoms with Crippen molar-refractivity contribution in [2.45, 2.75) is 13.5 Å². The zero-order valence-corrected chi connectivity index (χ0v) is 13.6. The highest BCUT2D eigenvalue weighted by atomic mass is 16.3. The first-order chi connectivity index (χ1) is 12.2. The standard InChI is InChI=1S/C18H16N6O/c1-12-19-10-17(25)24(12)11-13-6-8-14(9-7-13)15-4-2-3-5-16(15)18-20-22-23-21-18/h2-10,25H,11H2,1H3,(H,20,21,22,23). The predicted octanol–water partition coefficient (Wildman–Crippen LogP) is 2.79. The van der Waals surface area contributed by atoms with Gasteiger partial charge in [-0.25, -0.2) is 4.98 Å². The monoisotopic (exact) mass is 332 g/mol. The van der Waals surface area contributed by atoms with Crippen molar-refractivity contribution in [3.8, 4) is 28.4 Å². The van der Waals surface area contributed by atoms with E-state index in [9.17, 15) is 5.11 Å². The maximum Gasteiger partial charge on any atom is 0.211 e. The van der Waals surface area contributed by atoms with Crippen LogP contribution in [0.25, 0.3) is 22.5 Å². The largest absolute Gasteiger partial charge is 0.493 e. The fourth-order valence-corrected chi connectivity index (χ4v) is 2.83. The second-order valence-electron chi connectivity index (χ2n) is 5.73. The Hall–Kier alpha value is -3.48. The minimum atomic E-state index is 0.170. The fourth-order valence-electron chi connectivity index (χ4n) is 2.83. The molecule has 0 atom stereocenters. The van der Waals surface area contributed by atoms with E-state index in [1.54, 1.807) is 4.57 Å². The van der Waals surface area contributed by atoms with Gasteiger partial charge in [0.25, 0.3) is 0 Å². The molecule has 2 aromatic heterocycles. The lowest BCUT2D eigenvalue weighted by atomic mass is 9.98. The van der Waals surface area contributed by atoms with Gasteiger partial charge in [-0.15, -0.1) is 10.2 Å². The van der Waals surface area contributed by atoms with Crippen molar-refractivity contribution in [2.75, 3.05) is 0 Å². The molecule has 2 aromatic carbocycles. The number of aromatic nitrogens is 6. The molecule has 0 spiro atoms. The summed E-state index contributed by atoms with van der Waals surface area (Å²) in [5, 5.41) is 24.1. The number of hydrogen-bond donors (Lipinski definition) is 2. The molecule has 0 amide bonds. The Bertz CT molecular complexity index is 969. The number of aryl methyl sites for hydroxylation is 1. The summed E-state index contributed by atoms with van der Waals surface area (Å²) in [5.74, 6) is 1.52.